The van der Waals surface area contributed by atoms with Crippen LogP contribution in [0.3, 0.4) is 0 Å². The minimum absolute atomic E-state index is 0.0655. The molecule has 0 aliphatic heterocycles. The molecule has 0 unspecified atom stereocenters. The van der Waals surface area contributed by atoms with Crippen LogP contribution in [-0.4, -0.2) is 18.4 Å². The predicted molar refractivity (Wildman–Crippen MR) is 129 cm³/mol. The molecule has 3 aromatic rings. The molecule has 1 heterocycles. The third-order valence-corrected chi connectivity index (χ3v) is 5.57. The van der Waals surface area contributed by atoms with Gasteiger partial charge in [0.05, 0.1) is 19.4 Å². The summed E-state index contributed by atoms with van der Waals surface area (Å²) in [7, 11) is 0. The first-order valence-electron chi connectivity index (χ1n) is 11.2. The number of aryl methyl sites for hydroxylation is 2. The van der Waals surface area contributed by atoms with Crippen LogP contribution < -0.4 is 15.4 Å². The molecular formula is C27H32N2O4. The third kappa shape index (κ3) is 6.97. The van der Waals surface area contributed by atoms with E-state index in [1.165, 1.54) is 0 Å². The van der Waals surface area contributed by atoms with Gasteiger partial charge in [-0.05, 0) is 80.3 Å². The second-order valence-electron chi connectivity index (χ2n) is 8.90. The van der Waals surface area contributed by atoms with E-state index in [4.69, 9.17) is 9.15 Å². The van der Waals surface area contributed by atoms with Crippen LogP contribution in [0.15, 0.2) is 65.3 Å². The van der Waals surface area contributed by atoms with Crippen molar-refractivity contribution in [2.75, 3.05) is 11.9 Å². The molecule has 6 nitrogen and oxygen atoms in total. The number of carbonyl (C=O) groups is 2. The number of ether oxygens (including phenoxy) is 1. The summed E-state index contributed by atoms with van der Waals surface area (Å²) in [5.41, 5.74) is 2.89. The molecule has 0 saturated heterocycles. The van der Waals surface area contributed by atoms with Gasteiger partial charge < -0.3 is 19.8 Å². The molecule has 0 bridgehead atoms. The van der Waals surface area contributed by atoms with Crippen LogP contribution in [0.2, 0.25) is 0 Å². The Morgan fingerprint density at radius 1 is 1.03 bits per heavy atom. The van der Waals surface area contributed by atoms with Crippen LogP contribution >= 0.6 is 0 Å². The summed E-state index contributed by atoms with van der Waals surface area (Å²) >= 11 is 0. The van der Waals surface area contributed by atoms with Gasteiger partial charge in [-0.2, -0.15) is 0 Å². The maximum absolute atomic E-state index is 12.8. The van der Waals surface area contributed by atoms with Crippen LogP contribution in [0.5, 0.6) is 5.75 Å². The SMILES string of the molecule is Cc1ccc(C)c(OCCCC(C)(C)C(=O)Nc2ccc(C(=O)NCc3ccco3)cc2)c1. The summed E-state index contributed by atoms with van der Waals surface area (Å²) in [5, 5.41) is 5.75. The molecule has 0 atom stereocenters. The molecule has 0 aliphatic carbocycles. The van der Waals surface area contributed by atoms with E-state index in [-0.39, 0.29) is 11.8 Å². The molecule has 0 aliphatic rings. The molecule has 1 aromatic heterocycles. The second-order valence-corrected chi connectivity index (χ2v) is 8.90. The fraction of sp³-hybridized carbons (Fsp3) is 0.333. The van der Waals surface area contributed by atoms with E-state index in [0.717, 1.165) is 23.3 Å². The van der Waals surface area contributed by atoms with Crippen LogP contribution in [-0.2, 0) is 11.3 Å². The minimum Gasteiger partial charge on any atom is -0.493 e. The fourth-order valence-electron chi connectivity index (χ4n) is 3.36. The highest BCUT2D eigenvalue weighted by Crippen LogP contribution is 2.26. The quantitative estimate of drug-likeness (QED) is 0.393. The number of hydrogen-bond acceptors (Lipinski definition) is 4. The van der Waals surface area contributed by atoms with Gasteiger partial charge in [-0.25, -0.2) is 0 Å². The highest BCUT2D eigenvalue weighted by Gasteiger charge is 2.27. The van der Waals surface area contributed by atoms with Crippen molar-refractivity contribution in [3.63, 3.8) is 0 Å². The average molecular weight is 449 g/mol. The lowest BCUT2D eigenvalue weighted by Gasteiger charge is -2.23. The van der Waals surface area contributed by atoms with Gasteiger partial charge in [0.15, 0.2) is 0 Å². The highest BCUT2D eigenvalue weighted by molar-refractivity contribution is 5.97. The molecule has 0 saturated carbocycles. The van der Waals surface area contributed by atoms with E-state index in [2.05, 4.69) is 22.8 Å². The highest BCUT2D eigenvalue weighted by atomic mass is 16.5. The zero-order valence-corrected chi connectivity index (χ0v) is 19.7. The van der Waals surface area contributed by atoms with E-state index in [1.807, 2.05) is 33.8 Å². The molecular weight excluding hydrogens is 416 g/mol. The van der Waals surface area contributed by atoms with E-state index < -0.39 is 5.41 Å². The third-order valence-electron chi connectivity index (χ3n) is 5.57. The first-order chi connectivity index (χ1) is 15.7. The fourth-order valence-corrected chi connectivity index (χ4v) is 3.36. The minimum atomic E-state index is -0.551. The summed E-state index contributed by atoms with van der Waals surface area (Å²) in [6, 6.07) is 16.6. The van der Waals surface area contributed by atoms with E-state index >= 15 is 0 Å². The van der Waals surface area contributed by atoms with Crippen LogP contribution in [0.25, 0.3) is 0 Å². The Bertz CT molecular complexity index is 1070. The predicted octanol–water partition coefficient (Wildman–Crippen LogP) is 5.65. The molecule has 0 spiro atoms. The van der Waals surface area contributed by atoms with Gasteiger partial charge >= 0.3 is 0 Å². The van der Waals surface area contributed by atoms with Crippen LogP contribution in [0, 0.1) is 19.3 Å². The molecule has 0 fully saturated rings. The average Bonchev–Trinajstić information content (AvgIpc) is 3.31. The van der Waals surface area contributed by atoms with Gasteiger partial charge in [0, 0.05) is 16.7 Å². The number of hydrogen-bond donors (Lipinski definition) is 2. The molecule has 3 rings (SSSR count). The smallest absolute Gasteiger partial charge is 0.251 e. The van der Waals surface area contributed by atoms with Crippen molar-refractivity contribution >= 4 is 17.5 Å². The molecule has 33 heavy (non-hydrogen) atoms. The molecule has 2 amide bonds. The topological polar surface area (TPSA) is 80.6 Å². The Kier molecular flexibility index (Phi) is 7.93. The zero-order valence-electron chi connectivity index (χ0n) is 19.7. The monoisotopic (exact) mass is 448 g/mol. The van der Waals surface area contributed by atoms with Crippen molar-refractivity contribution in [3.05, 3.63) is 83.3 Å². The molecule has 0 radical (unpaired) electrons. The summed E-state index contributed by atoms with van der Waals surface area (Å²) < 4.78 is 11.1. The van der Waals surface area contributed by atoms with Crippen LogP contribution in [0.4, 0.5) is 5.69 Å². The van der Waals surface area contributed by atoms with E-state index in [0.29, 0.717) is 36.6 Å². The zero-order chi connectivity index (χ0) is 23.8. The van der Waals surface area contributed by atoms with Gasteiger partial charge in [-0.1, -0.05) is 26.0 Å². The molecule has 2 aromatic carbocycles. The van der Waals surface area contributed by atoms with Gasteiger partial charge in [-0.15, -0.1) is 0 Å². The maximum Gasteiger partial charge on any atom is 0.251 e. The Hall–Kier alpha value is -3.54. The number of carbonyl (C=O) groups excluding carboxylic acids is 2. The Morgan fingerprint density at radius 2 is 1.79 bits per heavy atom. The Balaban J connectivity index is 1.45. The number of rotatable bonds is 10. The van der Waals surface area contributed by atoms with Crippen LogP contribution in [0.1, 0.15) is 53.9 Å². The number of furan rings is 1. The molecule has 174 valence electrons. The van der Waals surface area contributed by atoms with Crippen molar-refractivity contribution in [1.82, 2.24) is 5.32 Å². The lowest BCUT2D eigenvalue weighted by atomic mass is 9.87. The summed E-state index contributed by atoms with van der Waals surface area (Å²) in [4.78, 5) is 25.1. The van der Waals surface area contributed by atoms with Crippen molar-refractivity contribution in [3.8, 4) is 5.75 Å². The largest absolute Gasteiger partial charge is 0.493 e. The Labute approximate surface area is 195 Å². The first kappa shape index (κ1) is 24.1. The molecule has 6 heteroatoms. The summed E-state index contributed by atoms with van der Waals surface area (Å²) in [5.74, 6) is 1.32. The van der Waals surface area contributed by atoms with Crippen molar-refractivity contribution < 1.29 is 18.7 Å². The number of benzene rings is 2. The number of anilines is 1. The molecule has 2 N–H and O–H groups in total. The summed E-state index contributed by atoms with van der Waals surface area (Å²) in [6.07, 6.45) is 3.03. The van der Waals surface area contributed by atoms with E-state index in [9.17, 15) is 9.59 Å². The lowest BCUT2D eigenvalue weighted by Crippen LogP contribution is -2.31. The standard InChI is InChI=1S/C27H32N2O4/c1-19-8-9-20(2)24(17-19)33-16-6-14-27(3,4)26(31)29-22-12-10-21(11-13-22)25(30)28-18-23-7-5-15-32-23/h5,7-13,15,17H,6,14,16,18H2,1-4H3,(H,28,30)(H,29,31). The number of amides is 2. The lowest BCUT2D eigenvalue weighted by molar-refractivity contribution is -0.124. The normalized spacial score (nSPS) is 11.2. The van der Waals surface area contributed by atoms with E-state index in [1.54, 1.807) is 42.7 Å². The van der Waals surface area contributed by atoms with Gasteiger partial charge in [0.1, 0.15) is 11.5 Å². The summed E-state index contributed by atoms with van der Waals surface area (Å²) in [6.45, 7) is 8.81. The second kappa shape index (κ2) is 10.9. The van der Waals surface area contributed by atoms with Gasteiger partial charge in [0.2, 0.25) is 5.91 Å². The van der Waals surface area contributed by atoms with Crippen molar-refractivity contribution in [1.29, 1.82) is 0 Å². The van der Waals surface area contributed by atoms with Crippen molar-refractivity contribution in [2.24, 2.45) is 5.41 Å². The van der Waals surface area contributed by atoms with Crippen molar-refractivity contribution in [2.45, 2.75) is 47.1 Å². The van der Waals surface area contributed by atoms with Gasteiger partial charge in [-0.3, -0.25) is 9.59 Å². The Morgan fingerprint density at radius 3 is 2.48 bits per heavy atom. The van der Waals surface area contributed by atoms with Gasteiger partial charge in [0.25, 0.3) is 5.91 Å². The first-order valence-corrected chi connectivity index (χ1v) is 11.2. The number of nitrogens with one attached hydrogen (secondary N) is 2. The maximum atomic E-state index is 12.8.